The second-order valence-electron chi connectivity index (χ2n) is 4.10. The number of benzene rings is 2. The van der Waals surface area contributed by atoms with E-state index in [9.17, 15) is 0 Å². The normalized spacial score (nSPS) is 10.9. The molecule has 0 amide bonds. The predicted molar refractivity (Wildman–Crippen MR) is 81.1 cm³/mol. The van der Waals surface area contributed by atoms with Gasteiger partial charge in [-0.3, -0.25) is 0 Å². The van der Waals surface area contributed by atoms with Crippen LogP contribution >= 0.6 is 22.6 Å². The molecule has 0 bridgehead atoms. The predicted octanol–water partition coefficient (Wildman–Crippen LogP) is 4.45. The largest absolute Gasteiger partial charge is 0.343 e. The van der Waals surface area contributed by atoms with E-state index in [1.165, 1.54) is 25.7 Å². The quantitative estimate of drug-likeness (QED) is 0.580. The molecule has 0 unspecified atom stereocenters. The van der Waals surface area contributed by atoms with E-state index in [2.05, 4.69) is 88.8 Å². The van der Waals surface area contributed by atoms with E-state index in [1.54, 1.807) is 0 Å². The van der Waals surface area contributed by atoms with Crippen LogP contribution in [-0.2, 0) is 7.05 Å². The molecule has 0 aliphatic rings. The molecule has 2 aromatic carbocycles. The molecular formula is C15H12IN. The van der Waals surface area contributed by atoms with Crippen molar-refractivity contribution in [2.45, 2.75) is 0 Å². The van der Waals surface area contributed by atoms with E-state index in [1.807, 2.05) is 0 Å². The molecule has 0 saturated heterocycles. The Morgan fingerprint density at radius 3 is 2.24 bits per heavy atom. The molecule has 2 heteroatoms. The van der Waals surface area contributed by atoms with Gasteiger partial charge >= 0.3 is 0 Å². The fourth-order valence-corrected chi connectivity index (χ4v) is 3.39. The Hall–Kier alpha value is -1.29. The maximum Gasteiger partial charge on any atom is 0.0624 e. The van der Waals surface area contributed by atoms with Crippen LogP contribution in [0.3, 0.4) is 0 Å². The summed E-state index contributed by atoms with van der Waals surface area (Å²) in [7, 11) is 2.13. The molecule has 0 aliphatic carbocycles. The summed E-state index contributed by atoms with van der Waals surface area (Å²) in [5.74, 6) is 0. The summed E-state index contributed by atoms with van der Waals surface area (Å²) in [6.45, 7) is 0. The number of fused-ring (bicyclic) bond motifs is 1. The van der Waals surface area contributed by atoms with Crippen LogP contribution in [0.1, 0.15) is 0 Å². The van der Waals surface area contributed by atoms with Crippen LogP contribution in [0.15, 0.2) is 54.6 Å². The zero-order valence-corrected chi connectivity index (χ0v) is 11.7. The Bertz CT molecular complexity index is 629. The third-order valence-electron chi connectivity index (χ3n) is 3.09. The fraction of sp³-hybridized carbons (Fsp3) is 0.0667. The number of para-hydroxylation sites is 1. The zero-order chi connectivity index (χ0) is 11.8. The van der Waals surface area contributed by atoms with Crippen molar-refractivity contribution in [3.8, 4) is 11.3 Å². The second-order valence-corrected chi connectivity index (χ2v) is 5.18. The molecule has 0 fully saturated rings. The highest BCUT2D eigenvalue weighted by molar-refractivity contribution is 14.1. The summed E-state index contributed by atoms with van der Waals surface area (Å²) >= 11 is 2.44. The van der Waals surface area contributed by atoms with E-state index >= 15 is 0 Å². The highest BCUT2D eigenvalue weighted by Gasteiger charge is 2.13. The van der Waals surface area contributed by atoms with E-state index in [0.29, 0.717) is 0 Å². The van der Waals surface area contributed by atoms with Gasteiger partial charge in [-0.2, -0.15) is 0 Å². The standard InChI is InChI=1S/C15H12IN/c1-17-13-10-6-5-9-12(13)14(16)15(17)11-7-3-2-4-8-11/h2-10H,1H3. The van der Waals surface area contributed by atoms with Crippen molar-refractivity contribution in [1.82, 2.24) is 4.57 Å². The Morgan fingerprint density at radius 1 is 0.882 bits per heavy atom. The Morgan fingerprint density at radius 2 is 1.53 bits per heavy atom. The molecule has 0 N–H and O–H groups in total. The molecule has 0 radical (unpaired) electrons. The Kier molecular flexibility index (Phi) is 2.67. The van der Waals surface area contributed by atoms with E-state index in [0.717, 1.165) is 0 Å². The fourth-order valence-electron chi connectivity index (χ4n) is 2.26. The average molecular weight is 333 g/mol. The highest BCUT2D eigenvalue weighted by Crippen LogP contribution is 2.33. The lowest BCUT2D eigenvalue weighted by Gasteiger charge is -2.04. The molecular weight excluding hydrogens is 321 g/mol. The van der Waals surface area contributed by atoms with Crippen LogP contribution < -0.4 is 0 Å². The van der Waals surface area contributed by atoms with E-state index < -0.39 is 0 Å². The van der Waals surface area contributed by atoms with Gasteiger partial charge in [-0.25, -0.2) is 0 Å². The van der Waals surface area contributed by atoms with Crippen molar-refractivity contribution in [3.05, 3.63) is 58.2 Å². The van der Waals surface area contributed by atoms with Gasteiger partial charge < -0.3 is 4.57 Å². The molecule has 17 heavy (non-hydrogen) atoms. The first-order valence-electron chi connectivity index (χ1n) is 5.57. The van der Waals surface area contributed by atoms with Gasteiger partial charge in [-0.1, -0.05) is 48.5 Å². The van der Waals surface area contributed by atoms with Gasteiger partial charge in [-0.15, -0.1) is 0 Å². The molecule has 1 aromatic heterocycles. The van der Waals surface area contributed by atoms with Gasteiger partial charge in [0.25, 0.3) is 0 Å². The smallest absolute Gasteiger partial charge is 0.0624 e. The lowest BCUT2D eigenvalue weighted by molar-refractivity contribution is 0.976. The van der Waals surface area contributed by atoms with Gasteiger partial charge in [-0.05, 0) is 34.2 Å². The van der Waals surface area contributed by atoms with Crippen LogP contribution in [0.2, 0.25) is 0 Å². The molecule has 3 rings (SSSR count). The number of aryl methyl sites for hydroxylation is 1. The molecule has 3 aromatic rings. The van der Waals surface area contributed by atoms with Gasteiger partial charge in [0.1, 0.15) is 0 Å². The molecule has 1 heterocycles. The number of hydrogen-bond acceptors (Lipinski definition) is 0. The number of aromatic nitrogens is 1. The maximum atomic E-state index is 2.44. The molecule has 0 spiro atoms. The maximum absolute atomic E-state index is 2.44. The summed E-state index contributed by atoms with van der Waals surface area (Å²) in [5, 5.41) is 1.33. The van der Waals surface area contributed by atoms with Crippen LogP contribution in [0, 0.1) is 3.57 Å². The number of halogens is 1. The lowest BCUT2D eigenvalue weighted by Crippen LogP contribution is -1.91. The van der Waals surface area contributed by atoms with Crippen LogP contribution in [0.4, 0.5) is 0 Å². The summed E-state index contributed by atoms with van der Waals surface area (Å²) in [6, 6.07) is 19.1. The van der Waals surface area contributed by atoms with Crippen LogP contribution in [0.25, 0.3) is 22.2 Å². The van der Waals surface area contributed by atoms with Crippen molar-refractivity contribution in [1.29, 1.82) is 0 Å². The van der Waals surface area contributed by atoms with Crippen LogP contribution in [0.5, 0.6) is 0 Å². The molecule has 1 nitrogen and oxygen atoms in total. The Labute approximate surface area is 114 Å². The van der Waals surface area contributed by atoms with Crippen molar-refractivity contribution >= 4 is 33.5 Å². The van der Waals surface area contributed by atoms with E-state index in [-0.39, 0.29) is 0 Å². The summed E-state index contributed by atoms with van der Waals surface area (Å²) in [5.41, 5.74) is 3.86. The van der Waals surface area contributed by atoms with Crippen molar-refractivity contribution in [3.63, 3.8) is 0 Å². The number of hydrogen-bond donors (Lipinski definition) is 0. The van der Waals surface area contributed by atoms with Crippen molar-refractivity contribution < 1.29 is 0 Å². The van der Waals surface area contributed by atoms with Gasteiger partial charge in [0.15, 0.2) is 0 Å². The second kappa shape index (κ2) is 4.18. The minimum absolute atomic E-state index is 1.27. The first-order chi connectivity index (χ1) is 8.29. The van der Waals surface area contributed by atoms with Gasteiger partial charge in [0, 0.05) is 21.5 Å². The third kappa shape index (κ3) is 1.67. The first kappa shape index (κ1) is 10.8. The third-order valence-corrected chi connectivity index (χ3v) is 4.18. The zero-order valence-electron chi connectivity index (χ0n) is 9.52. The molecule has 0 aliphatic heterocycles. The number of nitrogens with zero attached hydrogens (tertiary/aromatic N) is 1. The van der Waals surface area contributed by atoms with Crippen molar-refractivity contribution in [2.75, 3.05) is 0 Å². The van der Waals surface area contributed by atoms with Crippen LogP contribution in [-0.4, -0.2) is 4.57 Å². The summed E-state index contributed by atoms with van der Waals surface area (Å²) in [4.78, 5) is 0. The number of rotatable bonds is 1. The SMILES string of the molecule is Cn1c(-c2ccccc2)c(I)c2ccccc21. The average Bonchev–Trinajstić information content (AvgIpc) is 2.64. The highest BCUT2D eigenvalue weighted by atomic mass is 127. The minimum Gasteiger partial charge on any atom is -0.343 e. The van der Waals surface area contributed by atoms with Gasteiger partial charge in [0.2, 0.25) is 0 Å². The van der Waals surface area contributed by atoms with E-state index in [4.69, 9.17) is 0 Å². The molecule has 0 atom stereocenters. The summed E-state index contributed by atoms with van der Waals surface area (Å²) in [6.07, 6.45) is 0. The monoisotopic (exact) mass is 333 g/mol. The first-order valence-corrected chi connectivity index (χ1v) is 6.65. The molecule has 84 valence electrons. The van der Waals surface area contributed by atoms with Gasteiger partial charge in [0.05, 0.1) is 5.69 Å². The minimum atomic E-state index is 1.27. The Balaban J connectivity index is 2.38. The summed E-state index contributed by atoms with van der Waals surface area (Å²) < 4.78 is 3.60. The lowest BCUT2D eigenvalue weighted by atomic mass is 10.1. The van der Waals surface area contributed by atoms with Crippen molar-refractivity contribution in [2.24, 2.45) is 7.05 Å². The molecule has 0 saturated carbocycles. The topological polar surface area (TPSA) is 4.93 Å².